The Kier molecular flexibility index (Phi) is 3.36. The minimum atomic E-state index is -0.266. The maximum atomic E-state index is 13.4. The molecule has 130 valence electrons. The molecule has 6 nitrogen and oxygen atoms in total. The van der Waals surface area contributed by atoms with E-state index in [2.05, 4.69) is 15.2 Å². The van der Waals surface area contributed by atoms with Gasteiger partial charge in [-0.25, -0.2) is 9.37 Å². The maximum Gasteiger partial charge on any atom is 0.155 e. The van der Waals surface area contributed by atoms with Crippen LogP contribution in [-0.4, -0.2) is 31.1 Å². The van der Waals surface area contributed by atoms with Crippen LogP contribution < -0.4 is 0 Å². The number of nitrogens with one attached hydrogen (secondary N) is 1. The van der Waals surface area contributed by atoms with E-state index in [9.17, 15) is 4.39 Å². The molecule has 1 aliphatic rings. The number of ether oxygens (including phenoxy) is 1. The molecule has 4 heterocycles. The van der Waals surface area contributed by atoms with Gasteiger partial charge in [-0.2, -0.15) is 10.2 Å². The number of aromatic amines is 1. The Labute approximate surface area is 148 Å². The molecule has 0 bridgehead atoms. The van der Waals surface area contributed by atoms with Gasteiger partial charge >= 0.3 is 0 Å². The van der Waals surface area contributed by atoms with Gasteiger partial charge in [-0.05, 0) is 42.8 Å². The van der Waals surface area contributed by atoms with E-state index in [0.29, 0.717) is 13.2 Å². The van der Waals surface area contributed by atoms with E-state index < -0.39 is 0 Å². The highest BCUT2D eigenvalue weighted by molar-refractivity contribution is 5.97. The summed E-state index contributed by atoms with van der Waals surface area (Å²) in [6.45, 7) is 3.19. The number of aromatic nitrogens is 5. The molecule has 0 saturated heterocycles. The molecule has 1 N–H and O–H groups in total. The molecule has 1 aliphatic heterocycles. The standard InChI is InChI=1S/C19H16FN5O/c1-11-9-25-16(10-26-11)17(14-6-7-21-19-15(14)8-22-23-19)18(24-25)12-2-4-13(20)5-3-12/h2-8,11H,9-10H2,1H3,(H,21,22,23)/t11-/m0/s1. The van der Waals surface area contributed by atoms with E-state index >= 15 is 0 Å². The highest BCUT2D eigenvalue weighted by Crippen LogP contribution is 2.39. The molecule has 0 fully saturated rings. The van der Waals surface area contributed by atoms with E-state index in [1.165, 1.54) is 12.1 Å². The zero-order valence-corrected chi connectivity index (χ0v) is 14.1. The molecule has 4 aromatic rings. The third-order valence-electron chi connectivity index (χ3n) is 4.73. The maximum absolute atomic E-state index is 13.4. The van der Waals surface area contributed by atoms with Crippen molar-refractivity contribution >= 4 is 11.0 Å². The van der Waals surface area contributed by atoms with Crippen molar-refractivity contribution in [2.75, 3.05) is 0 Å². The first-order chi connectivity index (χ1) is 12.7. The van der Waals surface area contributed by atoms with Crippen molar-refractivity contribution in [3.63, 3.8) is 0 Å². The van der Waals surface area contributed by atoms with E-state index in [1.54, 1.807) is 24.5 Å². The molecule has 0 saturated carbocycles. The fourth-order valence-corrected chi connectivity index (χ4v) is 3.47. The van der Waals surface area contributed by atoms with Crippen molar-refractivity contribution in [2.45, 2.75) is 26.2 Å². The van der Waals surface area contributed by atoms with Crippen LogP contribution in [0.4, 0.5) is 4.39 Å². The van der Waals surface area contributed by atoms with Gasteiger partial charge in [0.2, 0.25) is 0 Å². The second kappa shape index (κ2) is 5.74. The Morgan fingerprint density at radius 2 is 2.08 bits per heavy atom. The van der Waals surface area contributed by atoms with Gasteiger partial charge in [-0.3, -0.25) is 9.78 Å². The SMILES string of the molecule is C[C@H]1Cn2nc(-c3ccc(F)cc3)c(-c3ccnc4[nH]ncc34)c2CO1. The number of nitrogens with zero attached hydrogens (tertiary/aromatic N) is 4. The average molecular weight is 349 g/mol. The molecule has 1 aromatic carbocycles. The molecule has 1 atom stereocenters. The van der Waals surface area contributed by atoms with Gasteiger partial charge in [0.05, 0.1) is 31.1 Å². The van der Waals surface area contributed by atoms with Crippen LogP contribution in [0, 0.1) is 5.82 Å². The summed E-state index contributed by atoms with van der Waals surface area (Å²) in [5, 5.41) is 12.8. The number of fused-ring (bicyclic) bond motifs is 2. The molecule has 0 amide bonds. The van der Waals surface area contributed by atoms with E-state index in [-0.39, 0.29) is 11.9 Å². The first-order valence-corrected chi connectivity index (χ1v) is 8.46. The summed E-state index contributed by atoms with van der Waals surface area (Å²) >= 11 is 0. The lowest BCUT2D eigenvalue weighted by Crippen LogP contribution is -2.25. The van der Waals surface area contributed by atoms with Crippen LogP contribution in [0.25, 0.3) is 33.4 Å². The highest BCUT2D eigenvalue weighted by Gasteiger charge is 2.26. The van der Waals surface area contributed by atoms with Gasteiger partial charge < -0.3 is 4.74 Å². The molecule has 0 unspecified atom stereocenters. The Bertz CT molecular complexity index is 1100. The molecule has 0 aliphatic carbocycles. The largest absolute Gasteiger partial charge is 0.370 e. The van der Waals surface area contributed by atoms with Gasteiger partial charge in [0.15, 0.2) is 5.65 Å². The summed E-state index contributed by atoms with van der Waals surface area (Å²) < 4.78 is 21.3. The second-order valence-corrected chi connectivity index (χ2v) is 6.47. The van der Waals surface area contributed by atoms with Crippen molar-refractivity contribution in [1.82, 2.24) is 25.0 Å². The summed E-state index contributed by atoms with van der Waals surface area (Å²) in [5.41, 5.74) is 5.38. The van der Waals surface area contributed by atoms with Gasteiger partial charge in [0.1, 0.15) is 11.5 Å². The van der Waals surface area contributed by atoms with Gasteiger partial charge in [-0.1, -0.05) is 0 Å². The van der Waals surface area contributed by atoms with E-state index in [0.717, 1.165) is 39.1 Å². The number of H-pyrrole nitrogens is 1. The molecule has 3 aromatic heterocycles. The number of rotatable bonds is 2. The monoisotopic (exact) mass is 349 g/mol. The van der Waals surface area contributed by atoms with Gasteiger partial charge in [0.25, 0.3) is 0 Å². The third kappa shape index (κ3) is 2.32. The normalized spacial score (nSPS) is 16.8. The molecule has 26 heavy (non-hydrogen) atoms. The first kappa shape index (κ1) is 15.2. The smallest absolute Gasteiger partial charge is 0.155 e. The topological polar surface area (TPSA) is 68.6 Å². The lowest BCUT2D eigenvalue weighted by atomic mass is 9.97. The van der Waals surface area contributed by atoms with Crippen LogP contribution in [0.1, 0.15) is 12.6 Å². The predicted molar refractivity (Wildman–Crippen MR) is 94.8 cm³/mol. The summed E-state index contributed by atoms with van der Waals surface area (Å²) in [4.78, 5) is 4.32. The van der Waals surface area contributed by atoms with Crippen molar-refractivity contribution in [2.24, 2.45) is 0 Å². The van der Waals surface area contributed by atoms with Gasteiger partial charge in [-0.15, -0.1) is 0 Å². The Morgan fingerprint density at radius 3 is 2.92 bits per heavy atom. The Hall–Kier alpha value is -3.06. The number of hydrogen-bond donors (Lipinski definition) is 1. The third-order valence-corrected chi connectivity index (χ3v) is 4.73. The lowest BCUT2D eigenvalue weighted by molar-refractivity contribution is 0.0128. The van der Waals surface area contributed by atoms with Crippen molar-refractivity contribution in [1.29, 1.82) is 0 Å². The summed E-state index contributed by atoms with van der Waals surface area (Å²) in [6, 6.07) is 8.38. The van der Waals surface area contributed by atoms with Crippen LogP contribution in [0.15, 0.2) is 42.7 Å². The number of halogens is 1. The van der Waals surface area contributed by atoms with Crippen molar-refractivity contribution in [3.05, 3.63) is 54.2 Å². The number of pyridine rings is 1. The van der Waals surface area contributed by atoms with Crippen LogP contribution in [0.5, 0.6) is 0 Å². The van der Waals surface area contributed by atoms with Gasteiger partial charge in [0, 0.05) is 22.7 Å². The minimum absolute atomic E-state index is 0.0997. The van der Waals surface area contributed by atoms with Crippen LogP contribution in [0.3, 0.4) is 0 Å². The molecular weight excluding hydrogens is 333 g/mol. The fourth-order valence-electron chi connectivity index (χ4n) is 3.47. The number of benzene rings is 1. The summed E-state index contributed by atoms with van der Waals surface area (Å²) in [5.74, 6) is -0.266. The van der Waals surface area contributed by atoms with Crippen LogP contribution in [0.2, 0.25) is 0 Å². The second-order valence-electron chi connectivity index (χ2n) is 6.47. The average Bonchev–Trinajstić information content (AvgIpc) is 3.26. The molecule has 0 spiro atoms. The molecule has 5 rings (SSSR count). The zero-order valence-electron chi connectivity index (χ0n) is 14.1. The first-order valence-electron chi connectivity index (χ1n) is 8.46. The van der Waals surface area contributed by atoms with Crippen LogP contribution >= 0.6 is 0 Å². The van der Waals surface area contributed by atoms with Crippen molar-refractivity contribution < 1.29 is 9.13 Å². The Morgan fingerprint density at radius 1 is 1.23 bits per heavy atom. The molecule has 0 radical (unpaired) electrons. The fraction of sp³-hybridized carbons (Fsp3) is 0.211. The quantitative estimate of drug-likeness (QED) is 0.601. The van der Waals surface area contributed by atoms with E-state index in [1.807, 2.05) is 17.7 Å². The van der Waals surface area contributed by atoms with Crippen LogP contribution in [-0.2, 0) is 17.9 Å². The predicted octanol–water partition coefficient (Wildman–Crippen LogP) is 3.55. The molecule has 7 heteroatoms. The lowest BCUT2D eigenvalue weighted by Gasteiger charge is -2.21. The zero-order chi connectivity index (χ0) is 17.7. The van der Waals surface area contributed by atoms with E-state index in [4.69, 9.17) is 9.84 Å². The summed E-state index contributed by atoms with van der Waals surface area (Å²) in [6.07, 6.45) is 3.62. The Balaban J connectivity index is 1.80. The molecular formula is C19H16FN5O. The minimum Gasteiger partial charge on any atom is -0.370 e. The summed E-state index contributed by atoms with van der Waals surface area (Å²) in [7, 11) is 0. The van der Waals surface area contributed by atoms with Crippen molar-refractivity contribution in [3.8, 4) is 22.4 Å². The highest BCUT2D eigenvalue weighted by atomic mass is 19.1. The number of hydrogen-bond acceptors (Lipinski definition) is 4.